The highest BCUT2D eigenvalue weighted by Gasteiger charge is 2.27. The first-order valence-corrected chi connectivity index (χ1v) is 6.29. The lowest BCUT2D eigenvalue weighted by atomic mass is 9.91. The first kappa shape index (κ1) is 11.9. The van der Waals surface area contributed by atoms with E-state index in [2.05, 4.69) is 4.90 Å². The smallest absolute Gasteiger partial charge is 0.303 e. The highest BCUT2D eigenvalue weighted by molar-refractivity contribution is 5.66. The first-order chi connectivity index (χ1) is 7.75. The molecule has 0 aromatic rings. The van der Waals surface area contributed by atoms with Crippen LogP contribution in [0.2, 0.25) is 0 Å². The molecule has 4 nitrogen and oxygen atoms in total. The zero-order valence-corrected chi connectivity index (χ0v) is 9.73. The second-order valence-electron chi connectivity index (χ2n) is 4.93. The first-order valence-electron chi connectivity index (χ1n) is 6.29. The van der Waals surface area contributed by atoms with Crippen LogP contribution in [0.15, 0.2) is 0 Å². The summed E-state index contributed by atoms with van der Waals surface area (Å²) < 4.78 is 5.40. The Labute approximate surface area is 96.6 Å². The molecule has 1 atom stereocenters. The Morgan fingerprint density at radius 3 is 2.62 bits per heavy atom. The van der Waals surface area contributed by atoms with Crippen LogP contribution in [0.5, 0.6) is 0 Å². The summed E-state index contributed by atoms with van der Waals surface area (Å²) in [5.41, 5.74) is 0. The van der Waals surface area contributed by atoms with Crippen LogP contribution in [-0.4, -0.2) is 48.3 Å². The lowest BCUT2D eigenvalue weighted by molar-refractivity contribution is -0.137. The summed E-state index contributed by atoms with van der Waals surface area (Å²) in [6.45, 7) is 4.04. The van der Waals surface area contributed by atoms with Crippen molar-refractivity contribution in [1.82, 2.24) is 4.90 Å². The quantitative estimate of drug-likeness (QED) is 0.787. The monoisotopic (exact) mass is 227 g/mol. The van der Waals surface area contributed by atoms with Gasteiger partial charge in [-0.05, 0) is 44.7 Å². The lowest BCUT2D eigenvalue weighted by Crippen LogP contribution is -2.41. The van der Waals surface area contributed by atoms with Crippen LogP contribution < -0.4 is 0 Å². The molecule has 0 saturated carbocycles. The van der Waals surface area contributed by atoms with Gasteiger partial charge in [0.1, 0.15) is 0 Å². The van der Waals surface area contributed by atoms with E-state index in [1.54, 1.807) is 0 Å². The average molecular weight is 227 g/mol. The van der Waals surface area contributed by atoms with Gasteiger partial charge in [-0.2, -0.15) is 0 Å². The molecule has 2 rings (SSSR count). The normalized spacial score (nSPS) is 28.4. The van der Waals surface area contributed by atoms with Gasteiger partial charge in [-0.3, -0.25) is 9.69 Å². The minimum Gasteiger partial charge on any atom is -0.481 e. The SMILES string of the molecule is O=C(O)CCC1CCN(C2CCOC2)CC1. The van der Waals surface area contributed by atoms with E-state index in [4.69, 9.17) is 9.84 Å². The molecule has 2 saturated heterocycles. The Kier molecular flexibility index (Phi) is 4.18. The number of rotatable bonds is 4. The maximum absolute atomic E-state index is 10.5. The van der Waals surface area contributed by atoms with E-state index in [0.717, 1.165) is 45.6 Å². The van der Waals surface area contributed by atoms with Crippen molar-refractivity contribution in [3.63, 3.8) is 0 Å². The Morgan fingerprint density at radius 1 is 1.31 bits per heavy atom. The highest BCUT2D eigenvalue weighted by Crippen LogP contribution is 2.25. The summed E-state index contributed by atoms with van der Waals surface area (Å²) in [6.07, 6.45) is 4.66. The number of aliphatic carboxylic acids is 1. The summed E-state index contributed by atoms with van der Waals surface area (Å²) in [4.78, 5) is 13.0. The molecule has 2 heterocycles. The Balaban J connectivity index is 1.67. The van der Waals surface area contributed by atoms with Gasteiger partial charge in [-0.15, -0.1) is 0 Å². The number of carbonyl (C=O) groups is 1. The number of hydrogen-bond acceptors (Lipinski definition) is 3. The number of carboxylic acid groups (broad SMARTS) is 1. The highest BCUT2D eigenvalue weighted by atomic mass is 16.5. The van der Waals surface area contributed by atoms with E-state index in [9.17, 15) is 4.79 Å². The van der Waals surface area contributed by atoms with Crippen molar-refractivity contribution in [2.45, 2.75) is 38.1 Å². The van der Waals surface area contributed by atoms with Crippen LogP contribution in [0.1, 0.15) is 32.1 Å². The van der Waals surface area contributed by atoms with Crippen LogP contribution in [0, 0.1) is 5.92 Å². The molecule has 2 aliphatic rings. The summed E-state index contributed by atoms with van der Waals surface area (Å²) in [5, 5.41) is 8.64. The van der Waals surface area contributed by atoms with Gasteiger partial charge in [-0.25, -0.2) is 0 Å². The maximum Gasteiger partial charge on any atom is 0.303 e. The van der Waals surface area contributed by atoms with Gasteiger partial charge in [-0.1, -0.05) is 0 Å². The van der Waals surface area contributed by atoms with Crippen molar-refractivity contribution >= 4 is 5.97 Å². The van der Waals surface area contributed by atoms with Crippen molar-refractivity contribution in [2.24, 2.45) is 5.92 Å². The molecule has 4 heteroatoms. The maximum atomic E-state index is 10.5. The van der Waals surface area contributed by atoms with Crippen molar-refractivity contribution in [2.75, 3.05) is 26.3 Å². The molecular weight excluding hydrogens is 206 g/mol. The molecule has 0 spiro atoms. The van der Waals surface area contributed by atoms with Crippen LogP contribution in [0.25, 0.3) is 0 Å². The van der Waals surface area contributed by atoms with E-state index in [-0.39, 0.29) is 0 Å². The van der Waals surface area contributed by atoms with Crippen LogP contribution in [0.3, 0.4) is 0 Å². The summed E-state index contributed by atoms with van der Waals surface area (Å²) in [7, 11) is 0. The van der Waals surface area contributed by atoms with Crippen molar-refractivity contribution in [3.05, 3.63) is 0 Å². The molecule has 1 N–H and O–H groups in total. The molecule has 0 aromatic heterocycles. The molecule has 2 aliphatic heterocycles. The van der Waals surface area contributed by atoms with E-state index < -0.39 is 5.97 Å². The third-order valence-corrected chi connectivity index (χ3v) is 3.84. The van der Waals surface area contributed by atoms with Crippen LogP contribution in [0.4, 0.5) is 0 Å². The van der Waals surface area contributed by atoms with Crippen molar-refractivity contribution < 1.29 is 14.6 Å². The number of nitrogens with zero attached hydrogens (tertiary/aromatic N) is 1. The van der Waals surface area contributed by atoms with E-state index >= 15 is 0 Å². The predicted molar refractivity (Wildman–Crippen MR) is 60.4 cm³/mol. The summed E-state index contributed by atoms with van der Waals surface area (Å²) >= 11 is 0. The third kappa shape index (κ3) is 3.19. The Bertz CT molecular complexity index is 230. The van der Waals surface area contributed by atoms with Gasteiger partial charge in [0.15, 0.2) is 0 Å². The zero-order valence-electron chi connectivity index (χ0n) is 9.73. The fourth-order valence-corrected chi connectivity index (χ4v) is 2.74. The van der Waals surface area contributed by atoms with Gasteiger partial charge in [0.25, 0.3) is 0 Å². The van der Waals surface area contributed by atoms with Crippen LogP contribution in [-0.2, 0) is 9.53 Å². The fraction of sp³-hybridized carbons (Fsp3) is 0.917. The molecule has 0 bridgehead atoms. The predicted octanol–water partition coefficient (Wildman–Crippen LogP) is 1.35. The molecule has 0 aromatic carbocycles. The minimum atomic E-state index is -0.661. The molecular formula is C12H21NO3. The van der Waals surface area contributed by atoms with Gasteiger partial charge >= 0.3 is 5.97 Å². The second-order valence-corrected chi connectivity index (χ2v) is 4.93. The topological polar surface area (TPSA) is 49.8 Å². The Hall–Kier alpha value is -0.610. The molecule has 1 unspecified atom stereocenters. The van der Waals surface area contributed by atoms with Crippen molar-refractivity contribution in [3.8, 4) is 0 Å². The molecule has 2 fully saturated rings. The minimum absolute atomic E-state index is 0.331. The van der Waals surface area contributed by atoms with Gasteiger partial charge in [0, 0.05) is 19.1 Å². The molecule has 0 radical (unpaired) electrons. The van der Waals surface area contributed by atoms with E-state index in [1.807, 2.05) is 0 Å². The largest absolute Gasteiger partial charge is 0.481 e. The summed E-state index contributed by atoms with van der Waals surface area (Å²) in [5.74, 6) is -0.0405. The van der Waals surface area contributed by atoms with Crippen LogP contribution >= 0.6 is 0 Å². The molecule has 0 amide bonds. The van der Waals surface area contributed by atoms with Gasteiger partial charge < -0.3 is 9.84 Å². The average Bonchev–Trinajstić information content (AvgIpc) is 2.80. The molecule has 16 heavy (non-hydrogen) atoms. The molecule has 0 aliphatic carbocycles. The van der Waals surface area contributed by atoms with E-state index in [1.165, 1.54) is 6.42 Å². The Morgan fingerprint density at radius 2 is 2.06 bits per heavy atom. The standard InChI is InChI=1S/C12H21NO3/c14-12(15)2-1-10-3-6-13(7-4-10)11-5-8-16-9-11/h10-11H,1-9H2,(H,14,15). The lowest BCUT2D eigenvalue weighted by Gasteiger charge is -2.35. The van der Waals surface area contributed by atoms with E-state index in [0.29, 0.717) is 18.4 Å². The number of carboxylic acids is 1. The summed E-state index contributed by atoms with van der Waals surface area (Å²) in [6, 6.07) is 0.625. The van der Waals surface area contributed by atoms with Gasteiger partial charge in [0.05, 0.1) is 6.61 Å². The number of piperidine rings is 1. The third-order valence-electron chi connectivity index (χ3n) is 3.84. The van der Waals surface area contributed by atoms with Gasteiger partial charge in [0.2, 0.25) is 0 Å². The molecule has 92 valence electrons. The number of hydrogen-bond donors (Lipinski definition) is 1. The number of likely N-dealkylation sites (tertiary alicyclic amines) is 1. The fourth-order valence-electron chi connectivity index (χ4n) is 2.74. The zero-order chi connectivity index (χ0) is 11.4. The van der Waals surface area contributed by atoms with Crippen molar-refractivity contribution in [1.29, 1.82) is 0 Å². The number of ether oxygens (including phenoxy) is 1. The second kappa shape index (κ2) is 5.64.